The van der Waals surface area contributed by atoms with Gasteiger partial charge in [-0.2, -0.15) is 0 Å². The van der Waals surface area contributed by atoms with E-state index in [4.69, 9.17) is 23.7 Å². The quantitative estimate of drug-likeness (QED) is 0.719. The molecule has 3 saturated heterocycles. The van der Waals surface area contributed by atoms with E-state index < -0.39 is 42.0 Å². The van der Waals surface area contributed by atoms with E-state index in [1.165, 1.54) is 4.90 Å². The van der Waals surface area contributed by atoms with E-state index >= 15 is 0 Å². The molecule has 4 fully saturated rings. The van der Waals surface area contributed by atoms with Gasteiger partial charge >= 0.3 is 0 Å². The van der Waals surface area contributed by atoms with Crippen molar-refractivity contribution in [1.29, 1.82) is 0 Å². The molecule has 2 amide bonds. The molecule has 3 aliphatic heterocycles. The molecule has 9 heteroatoms. The van der Waals surface area contributed by atoms with Gasteiger partial charge in [-0.05, 0) is 57.9 Å². The number of anilines is 1. The lowest BCUT2D eigenvalue weighted by Crippen LogP contribution is -2.60. The van der Waals surface area contributed by atoms with Crippen LogP contribution in [0.3, 0.4) is 0 Å². The topological polar surface area (TPSA) is 95.6 Å². The van der Waals surface area contributed by atoms with Crippen molar-refractivity contribution >= 4 is 17.5 Å². The summed E-state index contributed by atoms with van der Waals surface area (Å²) in [5.74, 6) is -0.636. The summed E-state index contributed by atoms with van der Waals surface area (Å²) >= 11 is 0. The van der Waals surface area contributed by atoms with Crippen LogP contribution in [0, 0.1) is 0 Å². The van der Waals surface area contributed by atoms with Crippen molar-refractivity contribution in [3.8, 4) is 5.75 Å². The number of methoxy groups -OCH3 is 1. The van der Waals surface area contributed by atoms with Crippen molar-refractivity contribution in [2.75, 3.05) is 18.6 Å². The van der Waals surface area contributed by atoms with Gasteiger partial charge in [0.1, 0.15) is 36.7 Å². The smallest absolute Gasteiger partial charge is 0.253 e. The van der Waals surface area contributed by atoms with Gasteiger partial charge in [0, 0.05) is 24.1 Å². The number of fused-ring (bicyclic) bond motifs is 3. The molecule has 0 aromatic heterocycles. The highest BCUT2D eigenvalue weighted by Crippen LogP contribution is 2.47. The first-order valence-electron chi connectivity index (χ1n) is 12.1. The molecular formula is C25H34N2O7. The first-order valence-corrected chi connectivity index (χ1v) is 12.1. The van der Waals surface area contributed by atoms with E-state index in [-0.39, 0.29) is 18.4 Å². The van der Waals surface area contributed by atoms with Gasteiger partial charge < -0.3 is 29.0 Å². The summed E-state index contributed by atoms with van der Waals surface area (Å²) in [6.45, 7) is 5.52. The maximum absolute atomic E-state index is 13.6. The summed E-state index contributed by atoms with van der Waals surface area (Å²) in [7, 11) is 1.58. The Balaban J connectivity index is 1.48. The van der Waals surface area contributed by atoms with E-state index in [2.05, 4.69) is 5.32 Å². The molecule has 1 aliphatic carbocycles. The Labute approximate surface area is 200 Å². The third-order valence-electron chi connectivity index (χ3n) is 6.88. The second kappa shape index (κ2) is 8.78. The van der Waals surface area contributed by atoms with Gasteiger partial charge in [0.05, 0.1) is 7.11 Å². The van der Waals surface area contributed by atoms with Crippen LogP contribution in [0.2, 0.25) is 0 Å². The number of benzene rings is 1. The molecule has 0 unspecified atom stereocenters. The van der Waals surface area contributed by atoms with Crippen LogP contribution in [-0.2, 0) is 28.5 Å². The molecule has 1 aromatic carbocycles. The van der Waals surface area contributed by atoms with Crippen LogP contribution in [0.15, 0.2) is 24.3 Å². The highest BCUT2D eigenvalue weighted by atomic mass is 16.8. The Hall–Kier alpha value is -2.20. The van der Waals surface area contributed by atoms with Crippen LogP contribution in [0.25, 0.3) is 0 Å². The largest absolute Gasteiger partial charge is 0.497 e. The van der Waals surface area contributed by atoms with Crippen LogP contribution in [-0.4, -0.2) is 67.5 Å². The first kappa shape index (κ1) is 23.5. The number of carbonyl (C=O) groups is 2. The Morgan fingerprint density at radius 1 is 1.06 bits per heavy atom. The number of hydrogen-bond acceptors (Lipinski definition) is 7. The molecule has 4 aliphatic rings. The number of rotatable bonds is 3. The number of nitrogens with one attached hydrogen (secondary N) is 1. The third kappa shape index (κ3) is 4.30. The lowest BCUT2D eigenvalue weighted by molar-refractivity contribution is -0.248. The fourth-order valence-corrected chi connectivity index (χ4v) is 5.42. The van der Waals surface area contributed by atoms with Crippen LogP contribution < -0.4 is 15.0 Å². The van der Waals surface area contributed by atoms with E-state index in [9.17, 15) is 9.59 Å². The third-order valence-corrected chi connectivity index (χ3v) is 6.88. The molecule has 1 aromatic rings. The zero-order valence-electron chi connectivity index (χ0n) is 20.2. The molecular weight excluding hydrogens is 440 g/mol. The summed E-state index contributed by atoms with van der Waals surface area (Å²) in [4.78, 5) is 28.4. The summed E-state index contributed by atoms with van der Waals surface area (Å²) in [5, 5.41) is 3.02. The van der Waals surface area contributed by atoms with Crippen LogP contribution >= 0.6 is 0 Å². The second-order valence-corrected chi connectivity index (χ2v) is 10.6. The predicted molar refractivity (Wildman–Crippen MR) is 122 cm³/mol. The van der Waals surface area contributed by atoms with E-state index in [1.54, 1.807) is 31.4 Å². The minimum Gasteiger partial charge on any atom is -0.497 e. The molecule has 1 N–H and O–H groups in total. The summed E-state index contributed by atoms with van der Waals surface area (Å²) in [5.41, 5.74) is 0.0671. The standard InChI is InChI=1S/C25H34N2O7/c1-24(2,3)26-22(29)18-19-20(21-23(32-19)34-25(33-21)12-6-5-7-13-25)31-14-17(28)27(18)15-8-10-16(30-4)11-9-15/h8-11,18-21,23H,5-7,12-14H2,1-4H3,(H,26,29)/t18-,19-,20+,21-,23-/m1/s1. The van der Waals surface area contributed by atoms with Gasteiger partial charge in [0.15, 0.2) is 12.1 Å². The predicted octanol–water partition coefficient (Wildman–Crippen LogP) is 2.51. The van der Waals surface area contributed by atoms with Crippen LogP contribution in [0.5, 0.6) is 5.75 Å². The minimum absolute atomic E-state index is 0.185. The number of nitrogens with zero attached hydrogens (tertiary/aromatic N) is 1. The Kier molecular flexibility index (Phi) is 6.08. The van der Waals surface area contributed by atoms with Gasteiger partial charge in [0.2, 0.25) is 5.91 Å². The molecule has 0 bridgehead atoms. The van der Waals surface area contributed by atoms with E-state index in [0.29, 0.717) is 11.4 Å². The summed E-state index contributed by atoms with van der Waals surface area (Å²) in [6.07, 6.45) is 2.38. The highest BCUT2D eigenvalue weighted by molar-refractivity contribution is 6.02. The SMILES string of the molecule is COc1ccc(N2C(=O)CO[C@@H]3[C@H]4OC5(CCCCC5)O[C@H]4O[C@@H]3[C@@H]2C(=O)NC(C)(C)C)cc1. The average molecular weight is 475 g/mol. The van der Waals surface area contributed by atoms with Gasteiger partial charge in [0.25, 0.3) is 5.91 Å². The molecule has 186 valence electrons. The van der Waals surface area contributed by atoms with Crippen molar-refractivity contribution in [1.82, 2.24) is 5.32 Å². The molecule has 1 spiro atoms. The number of carbonyl (C=O) groups excluding carboxylic acids is 2. The fraction of sp³-hybridized carbons (Fsp3) is 0.680. The van der Waals surface area contributed by atoms with Crippen LogP contribution in [0.1, 0.15) is 52.9 Å². The maximum atomic E-state index is 13.6. The second-order valence-electron chi connectivity index (χ2n) is 10.6. The molecule has 34 heavy (non-hydrogen) atoms. The monoisotopic (exact) mass is 474 g/mol. The minimum atomic E-state index is -0.951. The van der Waals surface area contributed by atoms with Crippen molar-refractivity contribution in [2.45, 2.75) is 94.8 Å². The van der Waals surface area contributed by atoms with E-state index in [0.717, 1.165) is 32.1 Å². The molecule has 3 heterocycles. The van der Waals surface area contributed by atoms with Gasteiger partial charge in [-0.25, -0.2) is 0 Å². The van der Waals surface area contributed by atoms with Crippen molar-refractivity contribution in [2.24, 2.45) is 0 Å². The number of amides is 2. The van der Waals surface area contributed by atoms with Crippen LogP contribution in [0.4, 0.5) is 5.69 Å². The summed E-state index contributed by atoms with van der Waals surface area (Å²) < 4.78 is 30.4. The molecule has 5 rings (SSSR count). The molecule has 1 saturated carbocycles. The van der Waals surface area contributed by atoms with Crippen molar-refractivity contribution in [3.05, 3.63) is 24.3 Å². The Morgan fingerprint density at radius 2 is 1.76 bits per heavy atom. The van der Waals surface area contributed by atoms with Gasteiger partial charge in [-0.3, -0.25) is 14.5 Å². The maximum Gasteiger partial charge on any atom is 0.253 e. The summed E-state index contributed by atoms with van der Waals surface area (Å²) in [6, 6.07) is 6.08. The average Bonchev–Trinajstić information content (AvgIpc) is 3.23. The highest BCUT2D eigenvalue weighted by Gasteiger charge is 2.62. The fourth-order valence-electron chi connectivity index (χ4n) is 5.42. The van der Waals surface area contributed by atoms with Gasteiger partial charge in [-0.1, -0.05) is 6.42 Å². The van der Waals surface area contributed by atoms with Crippen molar-refractivity contribution < 1.29 is 33.3 Å². The Bertz CT molecular complexity index is 922. The molecule has 5 atom stereocenters. The zero-order valence-corrected chi connectivity index (χ0v) is 20.2. The van der Waals surface area contributed by atoms with Crippen molar-refractivity contribution in [3.63, 3.8) is 0 Å². The number of hydrogen-bond donors (Lipinski definition) is 1. The number of ether oxygens (including phenoxy) is 5. The molecule has 9 nitrogen and oxygen atoms in total. The first-order chi connectivity index (χ1) is 16.2. The molecule has 0 radical (unpaired) electrons. The Morgan fingerprint density at radius 3 is 2.41 bits per heavy atom. The lowest BCUT2D eigenvalue weighted by atomic mass is 9.94. The lowest BCUT2D eigenvalue weighted by Gasteiger charge is -2.37. The van der Waals surface area contributed by atoms with Gasteiger partial charge in [-0.15, -0.1) is 0 Å². The normalized spacial score (nSPS) is 32.8. The van der Waals surface area contributed by atoms with E-state index in [1.807, 2.05) is 20.8 Å². The zero-order chi connectivity index (χ0) is 24.1.